The molecular weight excluding hydrogens is 371 g/mol. The zero-order valence-corrected chi connectivity index (χ0v) is 15.0. The Morgan fingerprint density at radius 3 is 2.46 bits per heavy atom. The fourth-order valence-corrected chi connectivity index (χ4v) is 2.99. The maximum atomic E-state index is 12.5. The van der Waals surface area contributed by atoms with E-state index in [4.69, 9.17) is 39.5 Å². The van der Waals surface area contributed by atoms with Crippen LogP contribution in [0.2, 0.25) is 15.1 Å². The summed E-state index contributed by atoms with van der Waals surface area (Å²) in [6, 6.07) is 10.2. The van der Waals surface area contributed by atoms with E-state index in [1.54, 1.807) is 24.3 Å². The lowest BCUT2D eigenvalue weighted by atomic mass is 10.2. The van der Waals surface area contributed by atoms with E-state index in [9.17, 15) is 4.79 Å². The molecule has 1 aliphatic heterocycles. The quantitative estimate of drug-likeness (QED) is 0.830. The van der Waals surface area contributed by atoms with Gasteiger partial charge < -0.3 is 15.0 Å². The van der Waals surface area contributed by atoms with Crippen LogP contribution in [0.5, 0.6) is 0 Å². The maximum Gasteiger partial charge on any atom is 0.255 e. The predicted octanol–water partition coefficient (Wildman–Crippen LogP) is 4.74. The summed E-state index contributed by atoms with van der Waals surface area (Å²) in [4.78, 5) is 14.7. The summed E-state index contributed by atoms with van der Waals surface area (Å²) in [5.74, 6) is -0.273. The molecular formula is C17H15Cl3N2O2. The van der Waals surface area contributed by atoms with Gasteiger partial charge in [-0.2, -0.15) is 0 Å². The molecule has 1 saturated heterocycles. The summed E-state index contributed by atoms with van der Waals surface area (Å²) in [6.45, 7) is 2.83. The van der Waals surface area contributed by atoms with Crippen molar-refractivity contribution in [2.45, 2.75) is 0 Å². The van der Waals surface area contributed by atoms with E-state index in [1.165, 1.54) is 6.07 Å². The van der Waals surface area contributed by atoms with E-state index in [-0.39, 0.29) is 5.91 Å². The summed E-state index contributed by atoms with van der Waals surface area (Å²) < 4.78 is 5.38. The molecule has 1 aliphatic rings. The van der Waals surface area contributed by atoms with E-state index in [1.807, 2.05) is 6.07 Å². The Morgan fingerprint density at radius 2 is 1.75 bits per heavy atom. The van der Waals surface area contributed by atoms with Gasteiger partial charge in [-0.25, -0.2) is 0 Å². The van der Waals surface area contributed by atoms with Gasteiger partial charge in [-0.05, 0) is 36.4 Å². The minimum absolute atomic E-state index is 0.273. The summed E-state index contributed by atoms with van der Waals surface area (Å²) in [5.41, 5.74) is 1.99. The molecule has 0 unspecified atom stereocenters. The van der Waals surface area contributed by atoms with Gasteiger partial charge in [0.05, 0.1) is 34.6 Å². The minimum Gasteiger partial charge on any atom is -0.378 e. The molecule has 0 bridgehead atoms. The Labute approximate surface area is 155 Å². The van der Waals surface area contributed by atoms with Crippen molar-refractivity contribution in [2.75, 3.05) is 36.5 Å². The second kappa shape index (κ2) is 7.62. The number of carbonyl (C=O) groups is 1. The maximum absolute atomic E-state index is 12.5. The first-order chi connectivity index (χ1) is 11.5. The number of halogens is 3. The van der Waals surface area contributed by atoms with Crippen molar-refractivity contribution in [1.29, 1.82) is 0 Å². The van der Waals surface area contributed by atoms with Crippen molar-refractivity contribution in [2.24, 2.45) is 0 Å². The van der Waals surface area contributed by atoms with Gasteiger partial charge in [-0.15, -0.1) is 0 Å². The lowest BCUT2D eigenvalue weighted by Crippen LogP contribution is -2.36. The normalized spacial score (nSPS) is 14.5. The predicted molar refractivity (Wildman–Crippen MR) is 98.9 cm³/mol. The molecule has 0 spiro atoms. The number of amides is 1. The van der Waals surface area contributed by atoms with Crippen LogP contribution >= 0.6 is 34.8 Å². The highest BCUT2D eigenvalue weighted by molar-refractivity contribution is 6.42. The van der Waals surface area contributed by atoms with Crippen molar-refractivity contribution >= 4 is 52.1 Å². The minimum atomic E-state index is -0.273. The van der Waals surface area contributed by atoms with Crippen molar-refractivity contribution in [3.05, 3.63) is 57.0 Å². The molecule has 0 saturated carbocycles. The molecule has 0 radical (unpaired) electrons. The molecule has 126 valence electrons. The number of carbonyl (C=O) groups excluding carboxylic acids is 1. The summed E-state index contributed by atoms with van der Waals surface area (Å²) in [5, 5.41) is 4.20. The van der Waals surface area contributed by atoms with Crippen molar-refractivity contribution in [3.63, 3.8) is 0 Å². The molecule has 4 nitrogen and oxygen atoms in total. The highest BCUT2D eigenvalue weighted by Crippen LogP contribution is 2.31. The Morgan fingerprint density at radius 1 is 1.00 bits per heavy atom. The lowest BCUT2D eigenvalue weighted by molar-refractivity contribution is 0.102. The zero-order chi connectivity index (χ0) is 17.1. The molecule has 0 atom stereocenters. The molecule has 1 fully saturated rings. The molecule has 7 heteroatoms. The average molecular weight is 386 g/mol. The molecule has 1 heterocycles. The third kappa shape index (κ3) is 3.95. The largest absolute Gasteiger partial charge is 0.378 e. The number of nitrogens with zero attached hydrogens (tertiary/aromatic N) is 1. The smallest absolute Gasteiger partial charge is 0.255 e. The Balaban J connectivity index is 1.86. The number of morpholine rings is 1. The van der Waals surface area contributed by atoms with Gasteiger partial charge in [-0.1, -0.05) is 34.8 Å². The number of benzene rings is 2. The number of rotatable bonds is 3. The third-order valence-corrected chi connectivity index (χ3v) is 4.71. The van der Waals surface area contributed by atoms with Crippen LogP contribution in [-0.2, 0) is 4.74 Å². The van der Waals surface area contributed by atoms with Gasteiger partial charge in [0.2, 0.25) is 0 Å². The number of ether oxygens (including phenoxy) is 1. The van der Waals surface area contributed by atoms with Gasteiger partial charge in [-0.3, -0.25) is 4.79 Å². The van der Waals surface area contributed by atoms with Crippen LogP contribution in [0.15, 0.2) is 36.4 Å². The van der Waals surface area contributed by atoms with Gasteiger partial charge >= 0.3 is 0 Å². The Bertz CT molecular complexity index is 761. The molecule has 2 aromatic rings. The zero-order valence-electron chi connectivity index (χ0n) is 12.7. The van der Waals surface area contributed by atoms with E-state index >= 15 is 0 Å². The second-order valence-corrected chi connectivity index (χ2v) is 6.59. The van der Waals surface area contributed by atoms with Gasteiger partial charge in [0.25, 0.3) is 5.91 Å². The van der Waals surface area contributed by atoms with E-state index < -0.39 is 0 Å². The van der Waals surface area contributed by atoms with E-state index in [2.05, 4.69) is 10.2 Å². The Hall–Kier alpha value is -1.46. The van der Waals surface area contributed by atoms with Crippen molar-refractivity contribution < 1.29 is 9.53 Å². The fourth-order valence-electron chi connectivity index (χ4n) is 2.52. The van der Waals surface area contributed by atoms with Crippen molar-refractivity contribution in [1.82, 2.24) is 0 Å². The third-order valence-electron chi connectivity index (χ3n) is 3.74. The standard InChI is InChI=1S/C17H15Cl3N2O2/c18-12-2-4-16(22-5-7-24-8-6-22)15(10-12)21-17(23)11-1-3-13(19)14(20)9-11/h1-4,9-10H,5-8H2,(H,21,23). The van der Waals surface area contributed by atoms with Crippen LogP contribution in [0.3, 0.4) is 0 Å². The number of anilines is 2. The van der Waals surface area contributed by atoms with Crippen LogP contribution in [0.1, 0.15) is 10.4 Å². The average Bonchev–Trinajstić information content (AvgIpc) is 2.58. The molecule has 0 aromatic heterocycles. The molecule has 1 N–H and O–H groups in total. The first kappa shape index (κ1) is 17.4. The first-order valence-electron chi connectivity index (χ1n) is 7.43. The fraction of sp³-hybridized carbons (Fsp3) is 0.235. The first-order valence-corrected chi connectivity index (χ1v) is 8.56. The highest BCUT2D eigenvalue weighted by atomic mass is 35.5. The van der Waals surface area contributed by atoms with Crippen LogP contribution in [-0.4, -0.2) is 32.2 Å². The number of hydrogen-bond donors (Lipinski definition) is 1. The lowest BCUT2D eigenvalue weighted by Gasteiger charge is -2.30. The number of hydrogen-bond acceptors (Lipinski definition) is 3. The number of nitrogens with one attached hydrogen (secondary N) is 1. The van der Waals surface area contributed by atoms with Crippen LogP contribution < -0.4 is 10.2 Å². The van der Waals surface area contributed by atoms with Crippen LogP contribution in [0.4, 0.5) is 11.4 Å². The topological polar surface area (TPSA) is 41.6 Å². The molecule has 1 amide bonds. The summed E-state index contributed by atoms with van der Waals surface area (Å²) in [6.07, 6.45) is 0. The van der Waals surface area contributed by atoms with E-state index in [0.29, 0.717) is 39.5 Å². The highest BCUT2D eigenvalue weighted by Gasteiger charge is 2.17. The summed E-state index contributed by atoms with van der Waals surface area (Å²) in [7, 11) is 0. The van der Waals surface area contributed by atoms with Crippen molar-refractivity contribution in [3.8, 4) is 0 Å². The van der Waals surface area contributed by atoms with Gasteiger partial charge in [0, 0.05) is 23.7 Å². The Kier molecular flexibility index (Phi) is 5.51. The molecule has 2 aromatic carbocycles. The van der Waals surface area contributed by atoms with Crippen LogP contribution in [0, 0.1) is 0 Å². The SMILES string of the molecule is O=C(Nc1cc(Cl)ccc1N1CCOCC1)c1ccc(Cl)c(Cl)c1. The monoisotopic (exact) mass is 384 g/mol. The second-order valence-electron chi connectivity index (χ2n) is 5.34. The molecule has 3 rings (SSSR count). The van der Waals surface area contributed by atoms with Gasteiger partial charge in [0.15, 0.2) is 0 Å². The summed E-state index contributed by atoms with van der Waals surface area (Å²) >= 11 is 18.0. The molecule has 24 heavy (non-hydrogen) atoms. The van der Waals surface area contributed by atoms with E-state index in [0.717, 1.165) is 18.8 Å². The molecule has 0 aliphatic carbocycles. The van der Waals surface area contributed by atoms with Crippen LogP contribution in [0.25, 0.3) is 0 Å². The van der Waals surface area contributed by atoms with Gasteiger partial charge in [0.1, 0.15) is 0 Å².